The zero-order valence-electron chi connectivity index (χ0n) is 19.4. The number of aromatic nitrogens is 1. The van der Waals surface area contributed by atoms with Gasteiger partial charge in [0.2, 0.25) is 0 Å². The van der Waals surface area contributed by atoms with Gasteiger partial charge < -0.3 is 15.1 Å². The van der Waals surface area contributed by atoms with Crippen molar-refractivity contribution >= 4 is 28.3 Å². The number of nitrogens with one attached hydrogen (secondary N) is 1. The summed E-state index contributed by atoms with van der Waals surface area (Å²) in [5, 5.41) is 3.81. The highest BCUT2D eigenvalue weighted by Gasteiger charge is 2.31. The number of carbonyl (C=O) groups excluding carboxylic acids is 1. The van der Waals surface area contributed by atoms with Crippen LogP contribution in [0.15, 0.2) is 54.6 Å². The molecule has 0 unspecified atom stereocenters. The van der Waals surface area contributed by atoms with Crippen LogP contribution in [-0.2, 0) is 6.18 Å². The maximum absolute atomic E-state index is 13.1. The Morgan fingerprint density at radius 3 is 2.41 bits per heavy atom. The summed E-state index contributed by atoms with van der Waals surface area (Å²) < 4.78 is 39.3. The standard InChI is InChI=1S/C26H29F3N4O/c1-18(2)10-11-30-25(34)22-17-24(31-23-9-4-3-8-21(22)23)33-14-12-32(13-15-33)20-7-5-6-19(16-20)26(27,28)29/h3-9,16-18H,10-15H2,1-2H3,(H,30,34). The zero-order valence-corrected chi connectivity index (χ0v) is 19.4. The third-order valence-electron chi connectivity index (χ3n) is 6.10. The van der Waals surface area contributed by atoms with Crippen molar-refractivity contribution in [1.29, 1.82) is 0 Å². The molecule has 0 saturated carbocycles. The van der Waals surface area contributed by atoms with E-state index in [-0.39, 0.29) is 5.91 Å². The predicted octanol–water partition coefficient (Wildman–Crippen LogP) is 5.36. The third kappa shape index (κ3) is 5.43. The van der Waals surface area contributed by atoms with Crippen LogP contribution in [0.3, 0.4) is 0 Å². The van der Waals surface area contributed by atoms with Gasteiger partial charge in [-0.2, -0.15) is 13.2 Å². The van der Waals surface area contributed by atoms with Crippen molar-refractivity contribution in [2.75, 3.05) is 42.5 Å². The Bertz CT molecular complexity index is 1150. The Morgan fingerprint density at radius 1 is 1.00 bits per heavy atom. The number of rotatable bonds is 6. The number of alkyl halides is 3. The minimum Gasteiger partial charge on any atom is -0.368 e. The molecule has 0 spiro atoms. The number of anilines is 2. The monoisotopic (exact) mass is 470 g/mol. The van der Waals surface area contributed by atoms with Crippen molar-refractivity contribution < 1.29 is 18.0 Å². The molecule has 1 aliphatic rings. The SMILES string of the molecule is CC(C)CCNC(=O)c1cc(N2CCN(c3cccc(C(F)(F)F)c3)CC2)nc2ccccc12. The lowest BCUT2D eigenvalue weighted by molar-refractivity contribution is -0.137. The van der Waals surface area contributed by atoms with Gasteiger partial charge in [-0.25, -0.2) is 4.98 Å². The maximum atomic E-state index is 13.1. The summed E-state index contributed by atoms with van der Waals surface area (Å²) >= 11 is 0. The van der Waals surface area contributed by atoms with Gasteiger partial charge >= 0.3 is 6.18 Å². The van der Waals surface area contributed by atoms with Crippen LogP contribution in [0.4, 0.5) is 24.7 Å². The number of nitrogens with zero attached hydrogens (tertiary/aromatic N) is 3. The fourth-order valence-electron chi connectivity index (χ4n) is 4.15. The van der Waals surface area contributed by atoms with Gasteiger partial charge in [0.25, 0.3) is 5.91 Å². The highest BCUT2D eigenvalue weighted by atomic mass is 19.4. The first kappa shape index (κ1) is 23.9. The molecular formula is C26H29F3N4O. The summed E-state index contributed by atoms with van der Waals surface area (Å²) in [6.45, 7) is 7.15. The van der Waals surface area contributed by atoms with Crippen molar-refractivity contribution in [3.8, 4) is 0 Å². The molecule has 5 nitrogen and oxygen atoms in total. The molecule has 1 aliphatic heterocycles. The second-order valence-corrected chi connectivity index (χ2v) is 9.01. The molecule has 34 heavy (non-hydrogen) atoms. The number of amides is 1. The van der Waals surface area contributed by atoms with E-state index in [0.29, 0.717) is 55.7 Å². The molecule has 2 aromatic carbocycles. The van der Waals surface area contributed by atoms with Crippen LogP contribution in [0, 0.1) is 5.92 Å². The normalized spacial score (nSPS) is 14.6. The molecule has 3 aromatic rings. The van der Waals surface area contributed by atoms with Crippen LogP contribution >= 0.6 is 0 Å². The first-order valence-electron chi connectivity index (χ1n) is 11.6. The number of hydrogen-bond donors (Lipinski definition) is 1. The summed E-state index contributed by atoms with van der Waals surface area (Å²) in [4.78, 5) is 21.8. The molecular weight excluding hydrogens is 441 g/mol. The highest BCUT2D eigenvalue weighted by molar-refractivity contribution is 6.07. The molecule has 1 aromatic heterocycles. The molecule has 1 fully saturated rings. The van der Waals surface area contributed by atoms with E-state index in [1.807, 2.05) is 35.2 Å². The third-order valence-corrected chi connectivity index (χ3v) is 6.10. The molecule has 2 heterocycles. The van der Waals surface area contributed by atoms with E-state index < -0.39 is 11.7 Å². The van der Waals surface area contributed by atoms with Crippen molar-refractivity contribution in [3.63, 3.8) is 0 Å². The fraction of sp³-hybridized carbons (Fsp3) is 0.385. The minimum atomic E-state index is -4.36. The van der Waals surface area contributed by atoms with Gasteiger partial charge in [0.05, 0.1) is 16.6 Å². The molecule has 0 bridgehead atoms. The summed E-state index contributed by atoms with van der Waals surface area (Å²) in [6.07, 6.45) is -3.46. The second kappa shape index (κ2) is 9.91. The van der Waals surface area contributed by atoms with Gasteiger partial charge in [-0.15, -0.1) is 0 Å². The Balaban J connectivity index is 1.52. The van der Waals surface area contributed by atoms with Gasteiger partial charge in [0.1, 0.15) is 5.82 Å². The average molecular weight is 471 g/mol. The smallest absolute Gasteiger partial charge is 0.368 e. The molecule has 0 radical (unpaired) electrons. The number of halogens is 3. The van der Waals surface area contributed by atoms with E-state index in [1.165, 1.54) is 12.1 Å². The summed E-state index contributed by atoms with van der Waals surface area (Å²) in [7, 11) is 0. The molecule has 1 amide bonds. The van der Waals surface area contributed by atoms with Gasteiger partial charge in [0.15, 0.2) is 0 Å². The Labute approximate surface area is 197 Å². The van der Waals surface area contributed by atoms with E-state index in [4.69, 9.17) is 4.98 Å². The van der Waals surface area contributed by atoms with E-state index in [9.17, 15) is 18.0 Å². The minimum absolute atomic E-state index is 0.122. The van der Waals surface area contributed by atoms with E-state index >= 15 is 0 Å². The number of hydrogen-bond acceptors (Lipinski definition) is 4. The van der Waals surface area contributed by atoms with Gasteiger partial charge in [0, 0.05) is 43.8 Å². The van der Waals surface area contributed by atoms with Crippen molar-refractivity contribution in [1.82, 2.24) is 10.3 Å². The summed E-state index contributed by atoms with van der Waals surface area (Å²) in [5.41, 5.74) is 1.25. The second-order valence-electron chi connectivity index (χ2n) is 9.01. The van der Waals surface area contributed by atoms with Crippen LogP contribution in [0.25, 0.3) is 10.9 Å². The van der Waals surface area contributed by atoms with Gasteiger partial charge in [-0.05, 0) is 42.7 Å². The molecule has 0 aliphatic carbocycles. The molecule has 1 saturated heterocycles. The molecule has 8 heteroatoms. The first-order valence-corrected chi connectivity index (χ1v) is 11.6. The maximum Gasteiger partial charge on any atom is 0.416 e. The number of carbonyl (C=O) groups is 1. The number of para-hydroxylation sites is 1. The summed E-state index contributed by atoms with van der Waals surface area (Å²) in [6, 6.07) is 14.8. The van der Waals surface area contributed by atoms with Crippen LogP contribution < -0.4 is 15.1 Å². The quantitative estimate of drug-likeness (QED) is 0.527. The van der Waals surface area contributed by atoms with E-state index in [0.717, 1.165) is 23.4 Å². The lowest BCUT2D eigenvalue weighted by atomic mass is 10.1. The van der Waals surface area contributed by atoms with Gasteiger partial charge in [-0.1, -0.05) is 38.1 Å². The van der Waals surface area contributed by atoms with Crippen LogP contribution in [0.2, 0.25) is 0 Å². The van der Waals surface area contributed by atoms with Crippen molar-refractivity contribution in [3.05, 3.63) is 65.7 Å². The Kier molecular flexibility index (Phi) is 6.95. The lowest BCUT2D eigenvalue weighted by Gasteiger charge is -2.37. The van der Waals surface area contributed by atoms with Crippen LogP contribution in [0.1, 0.15) is 36.2 Å². The largest absolute Gasteiger partial charge is 0.416 e. The number of benzene rings is 2. The first-order chi connectivity index (χ1) is 16.2. The number of piperazine rings is 1. The predicted molar refractivity (Wildman–Crippen MR) is 129 cm³/mol. The number of pyridine rings is 1. The average Bonchev–Trinajstić information content (AvgIpc) is 2.82. The van der Waals surface area contributed by atoms with Crippen molar-refractivity contribution in [2.45, 2.75) is 26.4 Å². The molecule has 1 N–H and O–H groups in total. The molecule has 4 rings (SSSR count). The lowest BCUT2D eigenvalue weighted by Crippen LogP contribution is -2.47. The van der Waals surface area contributed by atoms with E-state index in [1.54, 1.807) is 6.07 Å². The zero-order chi connectivity index (χ0) is 24.3. The highest BCUT2D eigenvalue weighted by Crippen LogP contribution is 2.32. The number of fused-ring (bicyclic) bond motifs is 1. The van der Waals surface area contributed by atoms with Gasteiger partial charge in [-0.3, -0.25) is 4.79 Å². The van der Waals surface area contributed by atoms with Crippen LogP contribution in [-0.4, -0.2) is 43.6 Å². The Morgan fingerprint density at radius 2 is 1.71 bits per heavy atom. The van der Waals surface area contributed by atoms with Crippen LogP contribution in [0.5, 0.6) is 0 Å². The topological polar surface area (TPSA) is 48.5 Å². The van der Waals surface area contributed by atoms with Crippen molar-refractivity contribution in [2.24, 2.45) is 5.92 Å². The summed E-state index contributed by atoms with van der Waals surface area (Å²) in [5.74, 6) is 1.08. The molecule has 0 atom stereocenters. The Hall–Kier alpha value is -3.29. The van der Waals surface area contributed by atoms with E-state index in [2.05, 4.69) is 24.1 Å². The fourth-order valence-corrected chi connectivity index (χ4v) is 4.15. The molecule has 180 valence electrons.